The van der Waals surface area contributed by atoms with Crippen LogP contribution in [0.4, 0.5) is 11.4 Å². The molecule has 40 heavy (non-hydrogen) atoms. The second kappa shape index (κ2) is 12.0. The summed E-state index contributed by atoms with van der Waals surface area (Å²) in [6.07, 6.45) is 3.91. The minimum absolute atomic E-state index is 0.205. The van der Waals surface area contributed by atoms with Crippen molar-refractivity contribution < 1.29 is 14.6 Å². The zero-order valence-electron chi connectivity index (χ0n) is 22.8. The number of pyridine rings is 1. The topological polar surface area (TPSA) is 97.5 Å². The maximum Gasteiger partial charge on any atom is 0.252 e. The first kappa shape index (κ1) is 26.9. The number of fused-ring (bicyclic) bond motifs is 1. The minimum atomic E-state index is -0.544. The molecular weight excluding hydrogens is 498 g/mol. The number of hydrogen-bond acceptors (Lipinski definition) is 5. The zero-order valence-corrected chi connectivity index (χ0v) is 22.8. The van der Waals surface area contributed by atoms with E-state index in [9.17, 15) is 4.79 Å². The standard InChI is InChI=1S/C34H33N3O3/c1-22-16-25(17-24-6-3-8-27(18-24)26-13-11-23(12-14-26)7-5-15-38)19-30-32(22)36-21-31(34(35)39)33(30)37-28-9-4-10-29(20-28)40-2/h3-4,6,8-14,16,18-21,38H,5,7,15,17H2,1-2H3,(H2,35,39)(H,36,37). The van der Waals surface area contributed by atoms with Gasteiger partial charge in [0, 0.05) is 29.9 Å². The molecule has 1 heterocycles. The van der Waals surface area contributed by atoms with E-state index in [1.807, 2.05) is 31.2 Å². The van der Waals surface area contributed by atoms with Gasteiger partial charge in [-0.15, -0.1) is 0 Å². The Hall–Kier alpha value is -4.68. The molecular formula is C34H33N3O3. The van der Waals surface area contributed by atoms with Gasteiger partial charge in [0.1, 0.15) is 5.75 Å². The van der Waals surface area contributed by atoms with Gasteiger partial charge < -0.3 is 20.9 Å². The molecule has 0 radical (unpaired) electrons. The summed E-state index contributed by atoms with van der Waals surface area (Å²) in [6.45, 7) is 2.24. The van der Waals surface area contributed by atoms with Gasteiger partial charge in [-0.05, 0) is 77.8 Å². The summed E-state index contributed by atoms with van der Waals surface area (Å²) >= 11 is 0. The lowest BCUT2D eigenvalue weighted by molar-refractivity contribution is 0.100. The van der Waals surface area contributed by atoms with Crippen molar-refractivity contribution in [3.63, 3.8) is 0 Å². The Morgan fingerprint density at radius 1 is 0.925 bits per heavy atom. The SMILES string of the molecule is COc1cccc(Nc2c(C(N)=O)cnc3c(C)cc(Cc4cccc(-c5ccc(CCCO)cc5)c4)cc23)c1. The average molecular weight is 532 g/mol. The molecule has 0 aliphatic heterocycles. The molecule has 202 valence electrons. The first-order valence-corrected chi connectivity index (χ1v) is 13.4. The highest BCUT2D eigenvalue weighted by atomic mass is 16.5. The van der Waals surface area contributed by atoms with Crippen molar-refractivity contribution in [3.05, 3.63) is 119 Å². The molecule has 1 aromatic heterocycles. The summed E-state index contributed by atoms with van der Waals surface area (Å²) in [6, 6.07) is 28.9. The first-order valence-electron chi connectivity index (χ1n) is 13.4. The molecule has 4 aromatic carbocycles. The van der Waals surface area contributed by atoms with Crippen molar-refractivity contribution >= 4 is 28.2 Å². The van der Waals surface area contributed by atoms with Crippen LogP contribution in [-0.2, 0) is 12.8 Å². The maximum absolute atomic E-state index is 12.4. The number of ether oxygens (including phenoxy) is 1. The van der Waals surface area contributed by atoms with Crippen LogP contribution in [0.2, 0.25) is 0 Å². The quantitative estimate of drug-likeness (QED) is 0.189. The van der Waals surface area contributed by atoms with Crippen LogP contribution in [0.15, 0.2) is 91.1 Å². The Bertz CT molecular complexity index is 1660. The van der Waals surface area contributed by atoms with Crippen LogP contribution in [0.5, 0.6) is 5.75 Å². The Balaban J connectivity index is 1.50. The molecule has 0 fully saturated rings. The van der Waals surface area contributed by atoms with Gasteiger partial charge in [-0.2, -0.15) is 0 Å². The molecule has 0 bridgehead atoms. The van der Waals surface area contributed by atoms with Crippen LogP contribution in [0, 0.1) is 6.92 Å². The predicted octanol–water partition coefficient (Wildman–Crippen LogP) is 6.58. The molecule has 0 aliphatic carbocycles. The van der Waals surface area contributed by atoms with Gasteiger partial charge in [-0.25, -0.2) is 0 Å². The van der Waals surface area contributed by atoms with Crippen LogP contribution in [0.3, 0.4) is 0 Å². The number of carbonyl (C=O) groups excluding carboxylic acids is 1. The largest absolute Gasteiger partial charge is 0.497 e. The third kappa shape index (κ3) is 5.98. The van der Waals surface area contributed by atoms with Crippen LogP contribution < -0.4 is 15.8 Å². The zero-order chi connectivity index (χ0) is 28.1. The number of nitrogens with two attached hydrogens (primary N) is 1. The highest BCUT2D eigenvalue weighted by Gasteiger charge is 2.16. The van der Waals surface area contributed by atoms with E-state index >= 15 is 0 Å². The normalized spacial score (nSPS) is 11.0. The van der Waals surface area contributed by atoms with E-state index in [2.05, 4.69) is 71.0 Å². The monoisotopic (exact) mass is 531 g/mol. The van der Waals surface area contributed by atoms with Crippen LogP contribution in [-0.4, -0.2) is 29.7 Å². The first-order chi connectivity index (χ1) is 19.4. The highest BCUT2D eigenvalue weighted by Crippen LogP contribution is 2.33. The number of aromatic nitrogens is 1. The fourth-order valence-corrected chi connectivity index (χ4v) is 5.07. The number of aryl methyl sites for hydroxylation is 2. The summed E-state index contributed by atoms with van der Waals surface area (Å²) in [5, 5.41) is 13.3. The van der Waals surface area contributed by atoms with Crippen molar-refractivity contribution in [1.29, 1.82) is 0 Å². The van der Waals surface area contributed by atoms with Gasteiger partial charge >= 0.3 is 0 Å². The van der Waals surface area contributed by atoms with Gasteiger partial charge in [0.25, 0.3) is 5.91 Å². The van der Waals surface area contributed by atoms with E-state index in [0.29, 0.717) is 17.0 Å². The molecule has 0 saturated heterocycles. The highest BCUT2D eigenvalue weighted by molar-refractivity contribution is 6.08. The molecule has 5 aromatic rings. The second-order valence-electron chi connectivity index (χ2n) is 9.98. The number of hydrogen-bond donors (Lipinski definition) is 3. The van der Waals surface area contributed by atoms with Gasteiger partial charge in [-0.1, -0.05) is 60.7 Å². The number of carbonyl (C=O) groups is 1. The van der Waals surface area contributed by atoms with Crippen molar-refractivity contribution in [2.45, 2.75) is 26.2 Å². The lowest BCUT2D eigenvalue weighted by Crippen LogP contribution is -2.14. The van der Waals surface area contributed by atoms with Gasteiger partial charge in [-0.3, -0.25) is 9.78 Å². The van der Waals surface area contributed by atoms with E-state index in [0.717, 1.165) is 58.1 Å². The maximum atomic E-state index is 12.4. The number of aliphatic hydroxyl groups is 1. The molecule has 6 heteroatoms. The molecule has 6 nitrogen and oxygen atoms in total. The number of benzene rings is 4. The second-order valence-corrected chi connectivity index (χ2v) is 9.98. The van der Waals surface area contributed by atoms with Crippen LogP contribution >= 0.6 is 0 Å². The fraction of sp³-hybridized carbons (Fsp3) is 0.176. The third-order valence-corrected chi connectivity index (χ3v) is 7.07. The molecule has 0 spiro atoms. The lowest BCUT2D eigenvalue weighted by atomic mass is 9.95. The Morgan fingerprint density at radius 3 is 2.48 bits per heavy atom. The molecule has 4 N–H and O–H groups in total. The van der Waals surface area contributed by atoms with E-state index < -0.39 is 5.91 Å². The van der Waals surface area contributed by atoms with Crippen molar-refractivity contribution in [2.75, 3.05) is 19.0 Å². The van der Waals surface area contributed by atoms with Crippen molar-refractivity contribution in [2.24, 2.45) is 5.73 Å². The fourth-order valence-electron chi connectivity index (χ4n) is 5.07. The van der Waals surface area contributed by atoms with Crippen LogP contribution in [0.1, 0.15) is 39.0 Å². The van der Waals surface area contributed by atoms with Crippen LogP contribution in [0.25, 0.3) is 22.0 Å². The predicted molar refractivity (Wildman–Crippen MR) is 161 cm³/mol. The van der Waals surface area contributed by atoms with E-state index in [1.165, 1.54) is 11.1 Å². The molecule has 0 unspecified atom stereocenters. The number of aliphatic hydroxyl groups excluding tert-OH is 1. The number of methoxy groups -OCH3 is 1. The smallest absolute Gasteiger partial charge is 0.252 e. The summed E-state index contributed by atoms with van der Waals surface area (Å²) in [5.41, 5.74) is 15.2. The number of primary amides is 1. The lowest BCUT2D eigenvalue weighted by Gasteiger charge is -2.16. The Labute approximate surface area is 234 Å². The summed E-state index contributed by atoms with van der Waals surface area (Å²) in [7, 11) is 1.62. The summed E-state index contributed by atoms with van der Waals surface area (Å²) in [5.74, 6) is 0.165. The Morgan fingerprint density at radius 2 is 1.73 bits per heavy atom. The third-order valence-electron chi connectivity index (χ3n) is 7.07. The molecule has 5 rings (SSSR count). The molecule has 0 atom stereocenters. The van der Waals surface area contributed by atoms with Crippen molar-refractivity contribution in [1.82, 2.24) is 4.98 Å². The average Bonchev–Trinajstić information content (AvgIpc) is 2.97. The molecule has 1 amide bonds. The molecule has 0 saturated carbocycles. The molecule has 0 aliphatic rings. The number of nitrogens with one attached hydrogen (secondary N) is 1. The van der Waals surface area contributed by atoms with Crippen molar-refractivity contribution in [3.8, 4) is 16.9 Å². The summed E-state index contributed by atoms with van der Waals surface area (Å²) in [4.78, 5) is 17.0. The minimum Gasteiger partial charge on any atom is -0.497 e. The van der Waals surface area contributed by atoms with E-state index in [4.69, 9.17) is 15.6 Å². The number of amides is 1. The van der Waals surface area contributed by atoms with Gasteiger partial charge in [0.05, 0.1) is 23.9 Å². The summed E-state index contributed by atoms with van der Waals surface area (Å²) < 4.78 is 5.37. The van der Waals surface area contributed by atoms with E-state index in [-0.39, 0.29) is 6.61 Å². The number of anilines is 2. The van der Waals surface area contributed by atoms with Gasteiger partial charge in [0.15, 0.2) is 0 Å². The number of nitrogens with zero attached hydrogens (tertiary/aromatic N) is 1. The van der Waals surface area contributed by atoms with E-state index in [1.54, 1.807) is 13.3 Å². The van der Waals surface area contributed by atoms with Gasteiger partial charge in [0.2, 0.25) is 0 Å². The number of rotatable bonds is 10. The Kier molecular flexibility index (Phi) is 8.08.